The topological polar surface area (TPSA) is 0 Å². The summed E-state index contributed by atoms with van der Waals surface area (Å²) in [4.78, 5) is 0. The maximum absolute atomic E-state index is 13.2. The minimum absolute atomic E-state index is 0.148. The van der Waals surface area contributed by atoms with Crippen molar-refractivity contribution in [2.75, 3.05) is 0 Å². The Morgan fingerprint density at radius 2 is 2.00 bits per heavy atom. The maximum atomic E-state index is 13.2. The SMILES string of the molecule is CCc1cccc(CCl)c1F. The first kappa shape index (κ1) is 8.54. The van der Waals surface area contributed by atoms with Crippen LogP contribution in [-0.4, -0.2) is 0 Å². The lowest BCUT2D eigenvalue weighted by Crippen LogP contribution is -1.92. The van der Waals surface area contributed by atoms with Crippen LogP contribution in [0.4, 0.5) is 4.39 Å². The van der Waals surface area contributed by atoms with Gasteiger partial charge in [0.25, 0.3) is 0 Å². The highest BCUT2D eigenvalue weighted by molar-refractivity contribution is 6.17. The van der Waals surface area contributed by atoms with Crippen LogP contribution in [0, 0.1) is 5.82 Å². The summed E-state index contributed by atoms with van der Waals surface area (Å²) in [6.45, 7) is 1.93. The van der Waals surface area contributed by atoms with Crippen molar-refractivity contribution in [2.45, 2.75) is 19.2 Å². The molecule has 2 heteroatoms. The molecule has 0 bridgehead atoms. The zero-order chi connectivity index (χ0) is 8.27. The van der Waals surface area contributed by atoms with Crippen molar-refractivity contribution in [1.29, 1.82) is 0 Å². The molecule has 0 heterocycles. The molecule has 0 aliphatic heterocycles. The second-order valence-electron chi connectivity index (χ2n) is 2.38. The zero-order valence-corrected chi connectivity index (χ0v) is 7.16. The Kier molecular flexibility index (Phi) is 2.89. The number of alkyl halides is 1. The van der Waals surface area contributed by atoms with Gasteiger partial charge < -0.3 is 0 Å². The molecule has 0 N–H and O–H groups in total. The number of aryl methyl sites for hydroxylation is 1. The van der Waals surface area contributed by atoms with Crippen LogP contribution in [0.2, 0.25) is 0 Å². The lowest BCUT2D eigenvalue weighted by atomic mass is 10.1. The van der Waals surface area contributed by atoms with Crippen LogP contribution >= 0.6 is 11.6 Å². The fourth-order valence-electron chi connectivity index (χ4n) is 1.01. The third-order valence-corrected chi connectivity index (χ3v) is 1.97. The first-order valence-electron chi connectivity index (χ1n) is 3.61. The lowest BCUT2D eigenvalue weighted by Gasteiger charge is -2.02. The Hall–Kier alpha value is -0.560. The average molecular weight is 173 g/mol. The van der Waals surface area contributed by atoms with Crippen molar-refractivity contribution in [2.24, 2.45) is 0 Å². The van der Waals surface area contributed by atoms with Crippen molar-refractivity contribution in [3.05, 3.63) is 35.1 Å². The van der Waals surface area contributed by atoms with Crippen LogP contribution in [-0.2, 0) is 12.3 Å². The van der Waals surface area contributed by atoms with Crippen LogP contribution in [0.1, 0.15) is 18.1 Å². The van der Waals surface area contributed by atoms with Gasteiger partial charge in [0, 0.05) is 5.56 Å². The van der Waals surface area contributed by atoms with Gasteiger partial charge in [0.15, 0.2) is 0 Å². The lowest BCUT2D eigenvalue weighted by molar-refractivity contribution is 0.601. The quantitative estimate of drug-likeness (QED) is 0.602. The molecular weight excluding hydrogens is 163 g/mol. The molecule has 0 atom stereocenters. The van der Waals surface area contributed by atoms with Crippen LogP contribution < -0.4 is 0 Å². The fraction of sp³-hybridized carbons (Fsp3) is 0.333. The highest BCUT2D eigenvalue weighted by Crippen LogP contribution is 2.14. The van der Waals surface area contributed by atoms with Gasteiger partial charge in [-0.3, -0.25) is 0 Å². The number of hydrogen-bond donors (Lipinski definition) is 0. The molecule has 0 radical (unpaired) electrons. The minimum Gasteiger partial charge on any atom is -0.206 e. The Balaban J connectivity index is 3.10. The van der Waals surface area contributed by atoms with Crippen LogP contribution in [0.5, 0.6) is 0 Å². The molecule has 0 nitrogen and oxygen atoms in total. The first-order chi connectivity index (χ1) is 5.29. The molecular formula is C9H10ClF. The van der Waals surface area contributed by atoms with E-state index in [0.717, 1.165) is 12.0 Å². The summed E-state index contributed by atoms with van der Waals surface area (Å²) in [5, 5.41) is 0. The van der Waals surface area contributed by atoms with Gasteiger partial charge in [-0.05, 0) is 12.0 Å². The van der Waals surface area contributed by atoms with Gasteiger partial charge >= 0.3 is 0 Å². The first-order valence-corrected chi connectivity index (χ1v) is 4.15. The highest BCUT2D eigenvalue weighted by atomic mass is 35.5. The van der Waals surface area contributed by atoms with Crippen molar-refractivity contribution in [3.63, 3.8) is 0 Å². The highest BCUT2D eigenvalue weighted by Gasteiger charge is 2.03. The van der Waals surface area contributed by atoms with E-state index in [0.29, 0.717) is 5.56 Å². The summed E-state index contributed by atoms with van der Waals surface area (Å²) in [5.41, 5.74) is 1.33. The van der Waals surface area contributed by atoms with Gasteiger partial charge in [0.2, 0.25) is 0 Å². The van der Waals surface area contributed by atoms with Gasteiger partial charge in [-0.1, -0.05) is 25.1 Å². The standard InChI is InChI=1S/C9H10ClF/c1-2-7-4-3-5-8(6-10)9(7)11/h3-5H,2,6H2,1H3. The van der Waals surface area contributed by atoms with Crippen molar-refractivity contribution >= 4 is 11.6 Å². The van der Waals surface area contributed by atoms with Crippen molar-refractivity contribution < 1.29 is 4.39 Å². The number of benzene rings is 1. The van der Waals surface area contributed by atoms with Crippen LogP contribution in [0.3, 0.4) is 0 Å². The molecule has 1 rings (SSSR count). The molecule has 0 amide bonds. The molecule has 1 aromatic carbocycles. The zero-order valence-electron chi connectivity index (χ0n) is 6.40. The Bertz CT molecular complexity index is 223. The van der Waals surface area contributed by atoms with E-state index in [1.165, 1.54) is 0 Å². The Morgan fingerprint density at radius 1 is 1.36 bits per heavy atom. The molecule has 0 aromatic heterocycles. The second kappa shape index (κ2) is 3.72. The average Bonchev–Trinajstić information content (AvgIpc) is 2.05. The molecule has 0 unspecified atom stereocenters. The van der Waals surface area contributed by atoms with E-state index < -0.39 is 0 Å². The summed E-state index contributed by atoms with van der Waals surface area (Å²) in [7, 11) is 0. The normalized spacial score (nSPS) is 10.1. The van der Waals surface area contributed by atoms with Gasteiger partial charge in [-0.15, -0.1) is 11.6 Å². The van der Waals surface area contributed by atoms with Crippen LogP contribution in [0.15, 0.2) is 18.2 Å². The van der Waals surface area contributed by atoms with Gasteiger partial charge in [0.05, 0.1) is 5.88 Å². The van der Waals surface area contributed by atoms with Gasteiger partial charge in [0.1, 0.15) is 5.82 Å². The van der Waals surface area contributed by atoms with E-state index in [1.807, 2.05) is 13.0 Å². The smallest absolute Gasteiger partial charge is 0.130 e. The third-order valence-electron chi connectivity index (χ3n) is 1.68. The summed E-state index contributed by atoms with van der Waals surface area (Å²) in [6, 6.07) is 5.33. The Labute approximate surface area is 71.0 Å². The molecule has 0 aliphatic carbocycles. The van der Waals surface area contributed by atoms with E-state index in [9.17, 15) is 4.39 Å². The van der Waals surface area contributed by atoms with E-state index in [2.05, 4.69) is 0 Å². The van der Waals surface area contributed by atoms with Crippen molar-refractivity contribution in [3.8, 4) is 0 Å². The van der Waals surface area contributed by atoms with Gasteiger partial charge in [-0.25, -0.2) is 4.39 Å². The molecule has 0 spiro atoms. The summed E-state index contributed by atoms with van der Waals surface area (Å²) in [6.07, 6.45) is 0.719. The summed E-state index contributed by atoms with van der Waals surface area (Å²) < 4.78 is 13.2. The van der Waals surface area contributed by atoms with E-state index >= 15 is 0 Å². The summed E-state index contributed by atoms with van der Waals surface area (Å²) >= 11 is 5.52. The monoisotopic (exact) mass is 172 g/mol. The van der Waals surface area contributed by atoms with Crippen LogP contribution in [0.25, 0.3) is 0 Å². The minimum atomic E-state index is -0.148. The molecule has 0 saturated carbocycles. The predicted molar refractivity (Wildman–Crippen MR) is 45.3 cm³/mol. The number of hydrogen-bond acceptors (Lipinski definition) is 0. The second-order valence-corrected chi connectivity index (χ2v) is 2.64. The van der Waals surface area contributed by atoms with E-state index in [-0.39, 0.29) is 11.7 Å². The predicted octanol–water partition coefficient (Wildman–Crippen LogP) is 3.13. The molecule has 1 aromatic rings. The summed E-state index contributed by atoms with van der Waals surface area (Å²) in [5.74, 6) is 0.102. The maximum Gasteiger partial charge on any atom is 0.130 e. The molecule has 0 fully saturated rings. The molecule has 60 valence electrons. The van der Waals surface area contributed by atoms with Gasteiger partial charge in [-0.2, -0.15) is 0 Å². The van der Waals surface area contributed by atoms with E-state index in [1.54, 1.807) is 12.1 Å². The van der Waals surface area contributed by atoms with Crippen molar-refractivity contribution in [1.82, 2.24) is 0 Å². The Morgan fingerprint density at radius 3 is 2.55 bits per heavy atom. The molecule has 0 saturated heterocycles. The third kappa shape index (κ3) is 1.72. The number of halogens is 2. The number of rotatable bonds is 2. The molecule has 0 aliphatic rings. The fourth-order valence-corrected chi connectivity index (χ4v) is 1.22. The molecule has 11 heavy (non-hydrogen) atoms. The largest absolute Gasteiger partial charge is 0.206 e. The van der Waals surface area contributed by atoms with E-state index in [4.69, 9.17) is 11.6 Å².